The van der Waals surface area contributed by atoms with Gasteiger partial charge in [0.2, 0.25) is 5.43 Å². The van der Waals surface area contributed by atoms with Gasteiger partial charge < -0.3 is 24.1 Å². The van der Waals surface area contributed by atoms with Crippen molar-refractivity contribution in [3.63, 3.8) is 0 Å². The smallest absolute Gasteiger partial charge is 0.343 e. The minimum absolute atomic E-state index is 0.0845. The Labute approximate surface area is 145 Å². The van der Waals surface area contributed by atoms with Gasteiger partial charge in [0, 0.05) is 12.8 Å². The maximum atomic E-state index is 12.7. The van der Waals surface area contributed by atoms with E-state index >= 15 is 0 Å². The number of pyridine rings is 1. The molecule has 0 saturated carbocycles. The lowest BCUT2D eigenvalue weighted by Crippen LogP contribution is -2.53. The normalized spacial score (nSPS) is 21.8. The monoisotopic (exact) mass is 350 g/mol. The lowest BCUT2D eigenvalue weighted by molar-refractivity contribution is 0.0286. The Morgan fingerprint density at radius 2 is 2.24 bits per heavy atom. The number of amides is 1. The number of fused-ring (bicyclic) bond motifs is 3. The van der Waals surface area contributed by atoms with Crippen molar-refractivity contribution < 1.29 is 23.8 Å². The summed E-state index contributed by atoms with van der Waals surface area (Å²) in [5.74, 6) is -1.22. The van der Waals surface area contributed by atoms with Crippen LogP contribution >= 0.6 is 0 Å². The number of carbonyl (C=O) groups is 2. The lowest BCUT2D eigenvalue weighted by atomic mass is 9.98. The predicted molar refractivity (Wildman–Crippen MR) is 88.2 cm³/mol. The van der Waals surface area contributed by atoms with Crippen molar-refractivity contribution in [3.8, 4) is 5.75 Å². The van der Waals surface area contributed by atoms with E-state index in [1.54, 1.807) is 4.57 Å². The average molecular weight is 350 g/mol. The molecule has 0 aromatic carbocycles. The molecule has 1 N–H and O–H groups in total. The van der Waals surface area contributed by atoms with Gasteiger partial charge in [-0.15, -0.1) is 0 Å². The number of hydrogen-bond donors (Lipinski definition) is 1. The first kappa shape index (κ1) is 17.5. The van der Waals surface area contributed by atoms with Crippen molar-refractivity contribution in [2.45, 2.75) is 38.3 Å². The first-order valence-electron chi connectivity index (χ1n) is 8.47. The molecule has 25 heavy (non-hydrogen) atoms. The third-order valence-corrected chi connectivity index (χ3v) is 4.55. The van der Waals surface area contributed by atoms with Gasteiger partial charge >= 0.3 is 5.97 Å². The number of carbonyl (C=O) groups excluding carboxylic acids is 2. The summed E-state index contributed by atoms with van der Waals surface area (Å²) in [5, 5.41) is 2.88. The molecule has 3 heterocycles. The minimum atomic E-state index is -0.741. The van der Waals surface area contributed by atoms with Crippen LogP contribution in [0.2, 0.25) is 0 Å². The Kier molecular flexibility index (Phi) is 5.08. The minimum Gasteiger partial charge on any atom is -0.487 e. The van der Waals surface area contributed by atoms with Gasteiger partial charge in [-0.25, -0.2) is 4.79 Å². The highest BCUT2D eigenvalue weighted by Crippen LogP contribution is 2.30. The predicted octanol–water partition coefficient (Wildman–Crippen LogP) is 0.887. The molecule has 8 heteroatoms. The Hall–Kier alpha value is -2.35. The summed E-state index contributed by atoms with van der Waals surface area (Å²) in [6.45, 7) is 3.23. The van der Waals surface area contributed by atoms with Gasteiger partial charge in [0.1, 0.15) is 5.56 Å². The molecule has 0 unspecified atom stereocenters. The fraction of sp³-hybridized carbons (Fsp3) is 0.588. The van der Waals surface area contributed by atoms with E-state index in [4.69, 9.17) is 14.2 Å². The third-order valence-electron chi connectivity index (χ3n) is 4.55. The van der Waals surface area contributed by atoms with Crippen molar-refractivity contribution >= 4 is 11.9 Å². The summed E-state index contributed by atoms with van der Waals surface area (Å²) >= 11 is 0. The van der Waals surface area contributed by atoms with Gasteiger partial charge in [0.05, 0.1) is 32.4 Å². The summed E-state index contributed by atoms with van der Waals surface area (Å²) in [7, 11) is 1.22. The van der Waals surface area contributed by atoms with Crippen molar-refractivity contribution in [2.24, 2.45) is 0 Å². The first-order chi connectivity index (χ1) is 12.1. The molecule has 1 fully saturated rings. The lowest BCUT2D eigenvalue weighted by Gasteiger charge is -2.39. The van der Waals surface area contributed by atoms with E-state index in [-0.39, 0.29) is 29.1 Å². The summed E-state index contributed by atoms with van der Waals surface area (Å²) in [6.07, 6.45) is 3.70. The van der Waals surface area contributed by atoms with E-state index in [1.807, 2.05) is 6.92 Å². The number of nitrogens with one attached hydrogen (secondary N) is 1. The highest BCUT2D eigenvalue weighted by Gasteiger charge is 2.39. The largest absolute Gasteiger partial charge is 0.487 e. The molecule has 136 valence electrons. The van der Waals surface area contributed by atoms with Gasteiger partial charge in [-0.05, 0) is 12.8 Å². The van der Waals surface area contributed by atoms with Gasteiger partial charge in [-0.3, -0.25) is 9.59 Å². The second-order valence-electron chi connectivity index (χ2n) is 6.16. The third kappa shape index (κ3) is 3.13. The van der Waals surface area contributed by atoms with Crippen LogP contribution < -0.4 is 15.5 Å². The van der Waals surface area contributed by atoms with Gasteiger partial charge in [0.15, 0.2) is 11.4 Å². The van der Waals surface area contributed by atoms with E-state index < -0.39 is 17.3 Å². The van der Waals surface area contributed by atoms with Crippen LogP contribution in [0.15, 0.2) is 11.0 Å². The zero-order chi connectivity index (χ0) is 18.0. The molecule has 0 bridgehead atoms. The first-order valence-corrected chi connectivity index (χ1v) is 8.47. The standard InChI is InChI=1S/C17H22N2O6/c1-3-4-6-25-15-13-16(21)18-11-9-24-7-5-12(11)19(13)8-10(14(15)20)17(22)23-2/h8,11-12H,3-7,9H2,1-2H3,(H,18,21)/t11-,12+/m0/s1. The zero-order valence-electron chi connectivity index (χ0n) is 14.4. The van der Waals surface area contributed by atoms with E-state index in [9.17, 15) is 14.4 Å². The van der Waals surface area contributed by atoms with Crippen LogP contribution in [0.25, 0.3) is 0 Å². The second kappa shape index (κ2) is 7.26. The number of ether oxygens (including phenoxy) is 3. The summed E-state index contributed by atoms with van der Waals surface area (Å²) < 4.78 is 17.4. The second-order valence-corrected chi connectivity index (χ2v) is 6.16. The fourth-order valence-corrected chi connectivity index (χ4v) is 3.23. The number of aromatic nitrogens is 1. The van der Waals surface area contributed by atoms with Gasteiger partial charge in [0.25, 0.3) is 5.91 Å². The zero-order valence-corrected chi connectivity index (χ0v) is 14.4. The highest BCUT2D eigenvalue weighted by atomic mass is 16.5. The molecular formula is C17H22N2O6. The summed E-state index contributed by atoms with van der Waals surface area (Å²) in [5.41, 5.74) is -0.579. The highest BCUT2D eigenvalue weighted by molar-refractivity contribution is 5.98. The number of esters is 1. The van der Waals surface area contributed by atoms with E-state index in [0.717, 1.165) is 12.8 Å². The van der Waals surface area contributed by atoms with Crippen molar-refractivity contribution in [1.29, 1.82) is 0 Å². The van der Waals surface area contributed by atoms with Crippen LogP contribution in [0.5, 0.6) is 5.75 Å². The molecule has 3 rings (SSSR count). The molecule has 0 radical (unpaired) electrons. The number of hydrogen-bond acceptors (Lipinski definition) is 6. The molecule has 2 atom stereocenters. The van der Waals surface area contributed by atoms with Crippen LogP contribution in [0.3, 0.4) is 0 Å². The Bertz CT molecular complexity index is 741. The summed E-state index contributed by atoms with van der Waals surface area (Å²) in [6, 6.07) is -0.302. The topological polar surface area (TPSA) is 95.9 Å². The Morgan fingerprint density at radius 1 is 1.44 bits per heavy atom. The van der Waals surface area contributed by atoms with Gasteiger partial charge in [-0.1, -0.05) is 13.3 Å². The van der Waals surface area contributed by atoms with Crippen molar-refractivity contribution in [2.75, 3.05) is 26.9 Å². The average Bonchev–Trinajstić information content (AvgIpc) is 2.62. The van der Waals surface area contributed by atoms with Crippen molar-refractivity contribution in [1.82, 2.24) is 9.88 Å². The fourth-order valence-electron chi connectivity index (χ4n) is 3.23. The van der Waals surface area contributed by atoms with Crippen LogP contribution in [-0.4, -0.2) is 49.4 Å². The van der Waals surface area contributed by atoms with Gasteiger partial charge in [-0.2, -0.15) is 0 Å². The number of nitrogens with zero attached hydrogens (tertiary/aromatic N) is 1. The number of rotatable bonds is 5. The maximum Gasteiger partial charge on any atom is 0.343 e. The molecule has 0 spiro atoms. The quantitative estimate of drug-likeness (QED) is 0.626. The molecule has 1 amide bonds. The van der Waals surface area contributed by atoms with Crippen LogP contribution in [0.1, 0.15) is 53.1 Å². The Morgan fingerprint density at radius 3 is 2.96 bits per heavy atom. The Balaban J connectivity index is 2.14. The molecule has 1 aromatic heterocycles. The number of methoxy groups -OCH3 is 1. The molecule has 2 aliphatic heterocycles. The molecular weight excluding hydrogens is 328 g/mol. The van der Waals surface area contributed by atoms with Crippen LogP contribution in [0.4, 0.5) is 0 Å². The molecule has 8 nitrogen and oxygen atoms in total. The molecule has 2 aliphatic rings. The molecule has 1 saturated heterocycles. The maximum absolute atomic E-state index is 12.7. The summed E-state index contributed by atoms with van der Waals surface area (Å²) in [4.78, 5) is 37.3. The molecule has 0 aliphatic carbocycles. The number of unbranched alkanes of at least 4 members (excludes halogenated alkanes) is 1. The van der Waals surface area contributed by atoms with E-state index in [1.165, 1.54) is 13.3 Å². The van der Waals surface area contributed by atoms with Crippen LogP contribution in [-0.2, 0) is 9.47 Å². The van der Waals surface area contributed by atoms with Crippen molar-refractivity contribution in [3.05, 3.63) is 27.7 Å². The SMILES string of the molecule is CCCCOc1c2n(cc(C(=O)OC)c1=O)[C@@H]1CCOC[C@@H]1NC2=O. The van der Waals surface area contributed by atoms with Crippen LogP contribution in [0, 0.1) is 0 Å². The molecule has 1 aromatic rings. The van der Waals surface area contributed by atoms with E-state index in [2.05, 4.69) is 5.32 Å². The van der Waals surface area contributed by atoms with E-state index in [0.29, 0.717) is 26.2 Å².